The minimum absolute atomic E-state index is 0.580. The van der Waals surface area contributed by atoms with Crippen molar-refractivity contribution in [2.75, 3.05) is 19.8 Å². The number of para-hydroxylation sites is 1. The number of hydrogen-bond acceptors (Lipinski definition) is 3. The molecule has 0 saturated heterocycles. The highest BCUT2D eigenvalue weighted by Crippen LogP contribution is 2.36. The van der Waals surface area contributed by atoms with Crippen LogP contribution in [-0.4, -0.2) is 24.7 Å². The van der Waals surface area contributed by atoms with Gasteiger partial charge < -0.3 is 19.8 Å². The quantitative estimate of drug-likeness (QED) is 0.462. The van der Waals surface area contributed by atoms with Gasteiger partial charge in [-0.1, -0.05) is 36.7 Å². The maximum atomic E-state index is 6.43. The summed E-state index contributed by atoms with van der Waals surface area (Å²) in [6, 6.07) is 12.4. The number of fused-ring (bicyclic) bond motifs is 1. The standard InChI is InChI=1S/C22H27ClN2O2/c1-3-11-27-22-19(23)12-16(13-21(22)26-4-2)14-24-10-9-17-15-25-20-8-6-5-7-18(17)20/h5-8,12-13,15,24-25H,3-4,9-11,14H2,1-2H3. The van der Waals surface area contributed by atoms with Crippen LogP contribution in [0.5, 0.6) is 11.5 Å². The Hall–Kier alpha value is -2.17. The van der Waals surface area contributed by atoms with Gasteiger partial charge in [-0.2, -0.15) is 0 Å². The molecule has 3 aromatic rings. The normalized spacial score (nSPS) is 11.1. The first-order chi connectivity index (χ1) is 13.2. The van der Waals surface area contributed by atoms with Crippen LogP contribution >= 0.6 is 11.6 Å². The number of rotatable bonds is 10. The molecule has 27 heavy (non-hydrogen) atoms. The summed E-state index contributed by atoms with van der Waals surface area (Å²) in [7, 11) is 0. The summed E-state index contributed by atoms with van der Waals surface area (Å²) in [4.78, 5) is 3.32. The molecule has 0 aliphatic heterocycles. The van der Waals surface area contributed by atoms with Crippen molar-refractivity contribution >= 4 is 22.5 Å². The third-order valence-corrected chi connectivity index (χ3v) is 4.68. The summed E-state index contributed by atoms with van der Waals surface area (Å²) in [6.07, 6.45) is 3.99. The Bertz CT molecular complexity index is 876. The van der Waals surface area contributed by atoms with Gasteiger partial charge in [-0.3, -0.25) is 0 Å². The Labute approximate surface area is 165 Å². The number of H-pyrrole nitrogens is 1. The van der Waals surface area contributed by atoms with Gasteiger partial charge in [-0.25, -0.2) is 0 Å². The molecule has 0 fully saturated rings. The van der Waals surface area contributed by atoms with Crippen molar-refractivity contribution < 1.29 is 9.47 Å². The van der Waals surface area contributed by atoms with E-state index in [1.807, 2.05) is 19.1 Å². The summed E-state index contributed by atoms with van der Waals surface area (Å²) in [5.74, 6) is 1.36. The van der Waals surface area contributed by atoms with E-state index < -0.39 is 0 Å². The van der Waals surface area contributed by atoms with E-state index in [0.717, 1.165) is 31.5 Å². The van der Waals surface area contributed by atoms with Gasteiger partial charge in [0.15, 0.2) is 11.5 Å². The van der Waals surface area contributed by atoms with E-state index in [1.165, 1.54) is 16.5 Å². The maximum Gasteiger partial charge on any atom is 0.179 e. The molecule has 1 heterocycles. The lowest BCUT2D eigenvalue weighted by atomic mass is 10.1. The highest BCUT2D eigenvalue weighted by Gasteiger charge is 2.12. The molecule has 0 aliphatic carbocycles. The van der Waals surface area contributed by atoms with Gasteiger partial charge in [-0.05, 0) is 55.6 Å². The molecule has 0 bridgehead atoms. The zero-order valence-corrected chi connectivity index (χ0v) is 16.7. The van der Waals surface area contributed by atoms with Crippen molar-refractivity contribution in [1.82, 2.24) is 10.3 Å². The molecule has 2 N–H and O–H groups in total. The van der Waals surface area contributed by atoms with E-state index >= 15 is 0 Å². The summed E-state index contributed by atoms with van der Waals surface area (Å²) in [6.45, 7) is 6.86. The number of ether oxygens (including phenoxy) is 2. The second-order valence-corrected chi connectivity index (χ2v) is 6.88. The monoisotopic (exact) mass is 386 g/mol. The number of halogens is 1. The fourth-order valence-electron chi connectivity index (χ4n) is 3.12. The van der Waals surface area contributed by atoms with Crippen LogP contribution in [0, 0.1) is 0 Å². The molecule has 2 aromatic carbocycles. The van der Waals surface area contributed by atoms with Crippen LogP contribution in [0.25, 0.3) is 10.9 Å². The molecule has 0 amide bonds. The molecule has 144 valence electrons. The van der Waals surface area contributed by atoms with E-state index in [-0.39, 0.29) is 0 Å². The predicted octanol–water partition coefficient (Wildman–Crippen LogP) is 5.34. The van der Waals surface area contributed by atoms with E-state index in [0.29, 0.717) is 29.7 Å². The molecular weight excluding hydrogens is 360 g/mol. The molecule has 0 saturated carbocycles. The third kappa shape index (κ3) is 4.96. The molecule has 0 spiro atoms. The van der Waals surface area contributed by atoms with Crippen LogP contribution in [-0.2, 0) is 13.0 Å². The molecule has 0 atom stereocenters. The lowest BCUT2D eigenvalue weighted by molar-refractivity contribution is 0.277. The topological polar surface area (TPSA) is 46.3 Å². The van der Waals surface area contributed by atoms with Crippen molar-refractivity contribution in [1.29, 1.82) is 0 Å². The summed E-state index contributed by atoms with van der Waals surface area (Å²) < 4.78 is 11.5. The van der Waals surface area contributed by atoms with E-state index in [9.17, 15) is 0 Å². The minimum Gasteiger partial charge on any atom is -0.490 e. The Morgan fingerprint density at radius 1 is 1.11 bits per heavy atom. The molecule has 1 aromatic heterocycles. The second-order valence-electron chi connectivity index (χ2n) is 6.47. The number of benzene rings is 2. The number of aromatic amines is 1. The van der Waals surface area contributed by atoms with Gasteiger partial charge in [0.2, 0.25) is 0 Å². The SMILES string of the molecule is CCCOc1c(Cl)cc(CNCCc2c[nH]c3ccccc23)cc1OCC. The van der Waals surface area contributed by atoms with Crippen LogP contribution in [0.3, 0.4) is 0 Å². The van der Waals surface area contributed by atoms with Crippen LogP contribution in [0.2, 0.25) is 5.02 Å². The summed E-state index contributed by atoms with van der Waals surface area (Å²) in [5.41, 5.74) is 3.60. The van der Waals surface area contributed by atoms with Gasteiger partial charge in [0.25, 0.3) is 0 Å². The fourth-order valence-corrected chi connectivity index (χ4v) is 3.41. The highest BCUT2D eigenvalue weighted by molar-refractivity contribution is 6.32. The van der Waals surface area contributed by atoms with Crippen LogP contribution in [0.1, 0.15) is 31.4 Å². The van der Waals surface area contributed by atoms with Crippen molar-refractivity contribution in [3.05, 3.63) is 58.7 Å². The van der Waals surface area contributed by atoms with Crippen molar-refractivity contribution in [3.63, 3.8) is 0 Å². The van der Waals surface area contributed by atoms with E-state index in [2.05, 4.69) is 47.7 Å². The lowest BCUT2D eigenvalue weighted by Gasteiger charge is -2.15. The second kappa shape index (κ2) is 9.67. The van der Waals surface area contributed by atoms with E-state index in [4.69, 9.17) is 21.1 Å². The average Bonchev–Trinajstić information content (AvgIpc) is 3.08. The molecule has 3 rings (SSSR count). The van der Waals surface area contributed by atoms with Crippen LogP contribution in [0.4, 0.5) is 0 Å². The molecular formula is C22H27ClN2O2. The zero-order valence-electron chi connectivity index (χ0n) is 16.0. The average molecular weight is 387 g/mol. The summed E-state index contributed by atoms with van der Waals surface area (Å²) >= 11 is 6.43. The van der Waals surface area contributed by atoms with Crippen LogP contribution in [0.15, 0.2) is 42.6 Å². The number of aromatic nitrogens is 1. The fraction of sp³-hybridized carbons (Fsp3) is 0.364. The van der Waals surface area contributed by atoms with Gasteiger partial charge in [0, 0.05) is 23.6 Å². The van der Waals surface area contributed by atoms with Gasteiger partial charge in [-0.15, -0.1) is 0 Å². The zero-order chi connectivity index (χ0) is 19.1. The molecule has 5 heteroatoms. The van der Waals surface area contributed by atoms with Crippen molar-refractivity contribution in [3.8, 4) is 11.5 Å². The lowest BCUT2D eigenvalue weighted by Crippen LogP contribution is -2.16. The largest absolute Gasteiger partial charge is 0.490 e. The molecule has 4 nitrogen and oxygen atoms in total. The predicted molar refractivity (Wildman–Crippen MR) is 112 cm³/mol. The first kappa shape index (κ1) is 19.6. The minimum atomic E-state index is 0.580. The Balaban J connectivity index is 1.60. The Morgan fingerprint density at radius 2 is 1.96 bits per heavy atom. The smallest absolute Gasteiger partial charge is 0.179 e. The van der Waals surface area contributed by atoms with Crippen molar-refractivity contribution in [2.24, 2.45) is 0 Å². The number of hydrogen-bond donors (Lipinski definition) is 2. The summed E-state index contributed by atoms with van der Waals surface area (Å²) in [5, 5.41) is 5.38. The van der Waals surface area contributed by atoms with Gasteiger partial charge in [0.1, 0.15) is 0 Å². The highest BCUT2D eigenvalue weighted by atomic mass is 35.5. The molecule has 0 aliphatic rings. The Morgan fingerprint density at radius 3 is 2.78 bits per heavy atom. The third-order valence-electron chi connectivity index (χ3n) is 4.39. The number of nitrogens with one attached hydrogen (secondary N) is 2. The van der Waals surface area contributed by atoms with Gasteiger partial charge >= 0.3 is 0 Å². The van der Waals surface area contributed by atoms with Gasteiger partial charge in [0.05, 0.1) is 18.2 Å². The first-order valence-electron chi connectivity index (χ1n) is 9.56. The van der Waals surface area contributed by atoms with Crippen LogP contribution < -0.4 is 14.8 Å². The Kier molecular flexibility index (Phi) is 7.02. The maximum absolute atomic E-state index is 6.43. The van der Waals surface area contributed by atoms with E-state index in [1.54, 1.807) is 0 Å². The first-order valence-corrected chi connectivity index (χ1v) is 9.94. The molecule has 0 radical (unpaired) electrons. The van der Waals surface area contributed by atoms with Crippen molar-refractivity contribution in [2.45, 2.75) is 33.2 Å². The molecule has 0 unspecified atom stereocenters.